The van der Waals surface area contributed by atoms with Crippen LogP contribution >= 0.6 is 27.3 Å². The maximum absolute atomic E-state index is 9.18. The first-order valence-corrected chi connectivity index (χ1v) is 6.55. The Balaban J connectivity index is 2.00. The number of halogens is 1. The number of nitrogens with zero attached hydrogens (tertiary/aromatic N) is 1. The van der Waals surface area contributed by atoms with Crippen molar-refractivity contribution < 1.29 is 5.11 Å². The van der Waals surface area contributed by atoms with E-state index in [0.29, 0.717) is 12.6 Å². The van der Waals surface area contributed by atoms with Crippen molar-refractivity contribution in [2.24, 2.45) is 0 Å². The fraction of sp³-hybridized carbons (Fsp3) is 0.600. The molecule has 0 aromatic carbocycles. The molecule has 0 bridgehead atoms. The lowest BCUT2D eigenvalue weighted by Gasteiger charge is -2.21. The van der Waals surface area contributed by atoms with Gasteiger partial charge in [-0.05, 0) is 46.8 Å². The second-order valence-electron chi connectivity index (χ2n) is 3.64. The minimum Gasteiger partial charge on any atom is -0.395 e. The first kappa shape index (κ1) is 10.6. The predicted molar refractivity (Wildman–Crippen MR) is 62.5 cm³/mol. The SMILES string of the molecule is OCC1CCCN1Cc1sccc1Br. The van der Waals surface area contributed by atoms with E-state index in [4.69, 9.17) is 0 Å². The van der Waals surface area contributed by atoms with Gasteiger partial charge < -0.3 is 5.11 Å². The van der Waals surface area contributed by atoms with E-state index in [1.807, 2.05) is 0 Å². The van der Waals surface area contributed by atoms with E-state index in [9.17, 15) is 5.11 Å². The van der Waals surface area contributed by atoms with Crippen molar-refractivity contribution >= 4 is 27.3 Å². The summed E-state index contributed by atoms with van der Waals surface area (Å²) in [7, 11) is 0. The van der Waals surface area contributed by atoms with Crippen molar-refractivity contribution in [3.05, 3.63) is 20.8 Å². The summed E-state index contributed by atoms with van der Waals surface area (Å²) in [5, 5.41) is 11.3. The molecule has 1 aromatic rings. The van der Waals surface area contributed by atoms with Crippen LogP contribution in [0.25, 0.3) is 0 Å². The third-order valence-electron chi connectivity index (χ3n) is 2.75. The van der Waals surface area contributed by atoms with Gasteiger partial charge in [0.1, 0.15) is 0 Å². The summed E-state index contributed by atoms with van der Waals surface area (Å²) in [5.74, 6) is 0. The van der Waals surface area contributed by atoms with Crippen LogP contribution in [0.15, 0.2) is 15.9 Å². The smallest absolute Gasteiger partial charge is 0.0587 e. The van der Waals surface area contributed by atoms with Gasteiger partial charge in [-0.2, -0.15) is 0 Å². The highest BCUT2D eigenvalue weighted by atomic mass is 79.9. The summed E-state index contributed by atoms with van der Waals surface area (Å²) < 4.78 is 1.20. The molecule has 1 aliphatic heterocycles. The van der Waals surface area contributed by atoms with Crippen molar-refractivity contribution in [3.63, 3.8) is 0 Å². The molecule has 0 radical (unpaired) electrons. The molecule has 78 valence electrons. The zero-order valence-corrected chi connectivity index (χ0v) is 10.4. The lowest BCUT2D eigenvalue weighted by atomic mass is 10.2. The molecule has 1 N–H and O–H groups in total. The van der Waals surface area contributed by atoms with E-state index in [2.05, 4.69) is 32.3 Å². The molecule has 0 spiro atoms. The topological polar surface area (TPSA) is 23.5 Å². The van der Waals surface area contributed by atoms with Crippen LogP contribution in [-0.4, -0.2) is 29.2 Å². The van der Waals surface area contributed by atoms with E-state index >= 15 is 0 Å². The Kier molecular flexibility index (Phi) is 3.60. The molecular formula is C10H14BrNOS. The zero-order valence-electron chi connectivity index (χ0n) is 7.95. The maximum Gasteiger partial charge on any atom is 0.0587 e. The Morgan fingerprint density at radius 2 is 2.50 bits per heavy atom. The van der Waals surface area contributed by atoms with Crippen molar-refractivity contribution in [1.29, 1.82) is 0 Å². The number of likely N-dealkylation sites (tertiary alicyclic amines) is 1. The molecule has 1 saturated heterocycles. The molecule has 0 saturated carbocycles. The number of hydrogen-bond acceptors (Lipinski definition) is 3. The largest absolute Gasteiger partial charge is 0.395 e. The third kappa shape index (κ3) is 2.19. The van der Waals surface area contributed by atoms with Gasteiger partial charge in [0.15, 0.2) is 0 Å². The van der Waals surface area contributed by atoms with Gasteiger partial charge in [-0.3, -0.25) is 4.90 Å². The molecule has 4 heteroatoms. The maximum atomic E-state index is 9.18. The van der Waals surface area contributed by atoms with Gasteiger partial charge in [0.25, 0.3) is 0 Å². The molecule has 1 fully saturated rings. The summed E-state index contributed by atoms with van der Waals surface area (Å²) in [4.78, 5) is 3.74. The van der Waals surface area contributed by atoms with E-state index in [-0.39, 0.29) is 0 Å². The van der Waals surface area contributed by atoms with Crippen molar-refractivity contribution in [3.8, 4) is 0 Å². The van der Waals surface area contributed by atoms with E-state index in [1.165, 1.54) is 15.8 Å². The van der Waals surface area contributed by atoms with Gasteiger partial charge in [-0.25, -0.2) is 0 Å². The third-order valence-corrected chi connectivity index (χ3v) is 4.66. The van der Waals surface area contributed by atoms with Crippen LogP contribution in [0, 0.1) is 0 Å². The van der Waals surface area contributed by atoms with Gasteiger partial charge in [-0.15, -0.1) is 11.3 Å². The molecule has 0 amide bonds. The summed E-state index contributed by atoms with van der Waals surface area (Å²) in [6.07, 6.45) is 2.35. The number of thiophene rings is 1. The Morgan fingerprint density at radius 3 is 3.14 bits per heavy atom. The van der Waals surface area contributed by atoms with Crippen molar-refractivity contribution in [2.45, 2.75) is 25.4 Å². The average Bonchev–Trinajstić information content (AvgIpc) is 2.77. The summed E-state index contributed by atoms with van der Waals surface area (Å²) in [6, 6.07) is 2.47. The lowest BCUT2D eigenvalue weighted by Crippen LogP contribution is -2.31. The summed E-state index contributed by atoms with van der Waals surface area (Å²) >= 11 is 5.32. The fourth-order valence-corrected chi connectivity index (χ4v) is 3.43. The standard InChI is InChI=1S/C10H14BrNOS/c11-9-3-5-14-10(9)6-12-4-1-2-8(12)7-13/h3,5,8,13H,1-2,4,6-7H2. The Hall–Kier alpha value is 0.100. The number of rotatable bonds is 3. The van der Waals surface area contributed by atoms with E-state index in [1.54, 1.807) is 11.3 Å². The van der Waals surface area contributed by atoms with Crippen LogP contribution in [0.4, 0.5) is 0 Å². The van der Waals surface area contributed by atoms with E-state index < -0.39 is 0 Å². The number of aliphatic hydroxyl groups excluding tert-OH is 1. The van der Waals surface area contributed by atoms with Crippen LogP contribution in [0.1, 0.15) is 17.7 Å². The average molecular weight is 276 g/mol. The fourth-order valence-electron chi connectivity index (χ4n) is 1.93. The minimum absolute atomic E-state index is 0.295. The normalized spacial score (nSPS) is 23.1. The van der Waals surface area contributed by atoms with Crippen LogP contribution in [-0.2, 0) is 6.54 Å². The second-order valence-corrected chi connectivity index (χ2v) is 5.50. The van der Waals surface area contributed by atoms with Crippen LogP contribution in [0.3, 0.4) is 0 Å². The lowest BCUT2D eigenvalue weighted by molar-refractivity contribution is 0.154. The van der Waals surface area contributed by atoms with Crippen LogP contribution in [0.5, 0.6) is 0 Å². The second kappa shape index (κ2) is 4.75. The van der Waals surface area contributed by atoms with Crippen LogP contribution in [0.2, 0.25) is 0 Å². The molecule has 2 rings (SSSR count). The Labute approximate surface area is 96.7 Å². The zero-order chi connectivity index (χ0) is 9.97. The van der Waals surface area contributed by atoms with Crippen LogP contribution < -0.4 is 0 Å². The van der Waals surface area contributed by atoms with Gasteiger partial charge in [0.05, 0.1) is 6.61 Å². The molecular weight excluding hydrogens is 262 g/mol. The highest BCUT2D eigenvalue weighted by Crippen LogP contribution is 2.27. The highest BCUT2D eigenvalue weighted by molar-refractivity contribution is 9.10. The summed E-state index contributed by atoms with van der Waals surface area (Å²) in [6.45, 7) is 2.39. The quantitative estimate of drug-likeness (QED) is 0.916. The molecule has 2 nitrogen and oxygen atoms in total. The molecule has 2 heterocycles. The Bertz CT molecular complexity index is 302. The Morgan fingerprint density at radius 1 is 1.64 bits per heavy atom. The molecule has 1 atom stereocenters. The molecule has 14 heavy (non-hydrogen) atoms. The van der Waals surface area contributed by atoms with Gasteiger partial charge in [-0.1, -0.05) is 0 Å². The van der Waals surface area contributed by atoms with Crippen molar-refractivity contribution in [1.82, 2.24) is 4.90 Å². The number of aliphatic hydroxyl groups is 1. The summed E-state index contributed by atoms with van der Waals surface area (Å²) in [5.41, 5.74) is 0. The van der Waals surface area contributed by atoms with Gasteiger partial charge >= 0.3 is 0 Å². The number of hydrogen-bond donors (Lipinski definition) is 1. The predicted octanol–water partition coefficient (Wildman–Crippen LogP) is 2.47. The first-order chi connectivity index (χ1) is 6.81. The van der Waals surface area contributed by atoms with Gasteiger partial charge in [0, 0.05) is 21.9 Å². The molecule has 1 aromatic heterocycles. The molecule has 1 unspecified atom stereocenters. The highest BCUT2D eigenvalue weighted by Gasteiger charge is 2.24. The first-order valence-electron chi connectivity index (χ1n) is 4.88. The molecule has 1 aliphatic rings. The minimum atomic E-state index is 0.295. The monoisotopic (exact) mass is 275 g/mol. The van der Waals surface area contributed by atoms with Crippen molar-refractivity contribution in [2.75, 3.05) is 13.2 Å². The van der Waals surface area contributed by atoms with E-state index in [0.717, 1.165) is 19.5 Å². The van der Waals surface area contributed by atoms with Gasteiger partial charge in [0.2, 0.25) is 0 Å². The molecule has 0 aliphatic carbocycles.